The Morgan fingerprint density at radius 1 is 1.08 bits per heavy atom. The number of hydrogen-bond donors (Lipinski definition) is 1. The fourth-order valence-corrected chi connectivity index (χ4v) is 4.60. The van der Waals surface area contributed by atoms with Gasteiger partial charge in [-0.2, -0.15) is 0 Å². The second kappa shape index (κ2) is 8.05. The van der Waals surface area contributed by atoms with E-state index in [1.165, 1.54) is 31.0 Å². The van der Waals surface area contributed by atoms with Crippen LogP contribution < -0.4 is 5.32 Å². The van der Waals surface area contributed by atoms with E-state index in [4.69, 9.17) is 0 Å². The Hall–Kier alpha value is -1.12. The lowest BCUT2D eigenvalue weighted by Gasteiger charge is -2.30. The molecular formula is C17H28N2O4S2. The molecule has 1 aromatic carbocycles. The van der Waals surface area contributed by atoms with Crippen molar-refractivity contribution < 1.29 is 16.8 Å². The van der Waals surface area contributed by atoms with Crippen molar-refractivity contribution >= 4 is 25.4 Å². The number of hydrogen-bond acceptors (Lipinski definition) is 6. The van der Waals surface area contributed by atoms with Crippen LogP contribution in [0.2, 0.25) is 0 Å². The molecule has 1 aliphatic heterocycles. The van der Waals surface area contributed by atoms with Crippen molar-refractivity contribution in [2.45, 2.75) is 36.0 Å². The monoisotopic (exact) mass is 388 g/mol. The van der Waals surface area contributed by atoms with Gasteiger partial charge in [-0.15, -0.1) is 0 Å². The first-order valence-electron chi connectivity index (χ1n) is 8.58. The summed E-state index contributed by atoms with van der Waals surface area (Å²) in [6.07, 6.45) is 5.54. The fraction of sp³-hybridized carbons (Fsp3) is 0.647. The Kier molecular flexibility index (Phi) is 6.51. The lowest BCUT2D eigenvalue weighted by atomic mass is 9.99. The van der Waals surface area contributed by atoms with Crippen LogP contribution in [-0.4, -0.2) is 60.4 Å². The van der Waals surface area contributed by atoms with Gasteiger partial charge in [0.15, 0.2) is 19.7 Å². The third-order valence-corrected chi connectivity index (χ3v) is 6.87. The van der Waals surface area contributed by atoms with E-state index >= 15 is 0 Å². The molecule has 1 heterocycles. The maximum atomic E-state index is 12.0. The number of anilines is 1. The lowest BCUT2D eigenvalue weighted by molar-refractivity contribution is 0.192. The van der Waals surface area contributed by atoms with Crippen LogP contribution in [0.5, 0.6) is 0 Å². The number of nitrogens with one attached hydrogen (secondary N) is 1. The van der Waals surface area contributed by atoms with E-state index in [1.807, 2.05) is 0 Å². The Morgan fingerprint density at radius 3 is 2.28 bits per heavy atom. The molecule has 0 bridgehead atoms. The highest BCUT2D eigenvalue weighted by molar-refractivity contribution is 7.91. The van der Waals surface area contributed by atoms with E-state index in [2.05, 4.69) is 17.1 Å². The van der Waals surface area contributed by atoms with E-state index in [9.17, 15) is 16.8 Å². The highest BCUT2D eigenvalue weighted by Gasteiger charge is 2.18. The normalized spacial score (nSPS) is 17.6. The van der Waals surface area contributed by atoms with E-state index in [-0.39, 0.29) is 9.79 Å². The van der Waals surface area contributed by atoms with Crippen molar-refractivity contribution in [3.05, 3.63) is 18.2 Å². The molecule has 0 amide bonds. The van der Waals surface area contributed by atoms with Crippen LogP contribution >= 0.6 is 0 Å². The number of sulfone groups is 2. The minimum atomic E-state index is -3.52. The van der Waals surface area contributed by atoms with E-state index in [0.29, 0.717) is 12.2 Å². The van der Waals surface area contributed by atoms with Crippen LogP contribution in [0.3, 0.4) is 0 Å². The molecule has 6 nitrogen and oxygen atoms in total. The van der Waals surface area contributed by atoms with Gasteiger partial charge in [0.25, 0.3) is 0 Å². The summed E-state index contributed by atoms with van der Waals surface area (Å²) in [5.74, 6) is 0.806. The van der Waals surface area contributed by atoms with Gasteiger partial charge < -0.3 is 10.2 Å². The van der Waals surface area contributed by atoms with Crippen molar-refractivity contribution in [1.82, 2.24) is 4.90 Å². The molecule has 0 atom stereocenters. The average Bonchev–Trinajstić information content (AvgIpc) is 2.51. The molecule has 8 heteroatoms. The van der Waals surface area contributed by atoms with Gasteiger partial charge in [0.2, 0.25) is 0 Å². The molecule has 1 saturated heterocycles. The van der Waals surface area contributed by atoms with Gasteiger partial charge in [0.05, 0.1) is 15.5 Å². The molecule has 1 aromatic rings. The molecule has 142 valence electrons. The maximum absolute atomic E-state index is 12.0. The number of nitrogens with zero attached hydrogens (tertiary/aromatic N) is 1. The minimum Gasteiger partial charge on any atom is -0.384 e. The lowest BCUT2D eigenvalue weighted by Crippen LogP contribution is -2.34. The number of benzene rings is 1. The maximum Gasteiger partial charge on any atom is 0.177 e. The predicted octanol–water partition coefficient (Wildman–Crippen LogP) is 2.03. The van der Waals surface area contributed by atoms with Crippen LogP contribution in [0.4, 0.5) is 5.69 Å². The van der Waals surface area contributed by atoms with Crippen molar-refractivity contribution in [2.75, 3.05) is 44.0 Å². The summed E-state index contributed by atoms with van der Waals surface area (Å²) in [6, 6.07) is 4.22. The molecule has 0 unspecified atom stereocenters. The average molecular weight is 389 g/mol. The first kappa shape index (κ1) is 20.2. The zero-order valence-corrected chi connectivity index (χ0v) is 16.8. The smallest absolute Gasteiger partial charge is 0.177 e. The Labute approximate surface area is 151 Å². The van der Waals surface area contributed by atoms with Crippen LogP contribution in [0.15, 0.2) is 28.0 Å². The largest absolute Gasteiger partial charge is 0.384 e. The molecule has 0 spiro atoms. The highest BCUT2D eigenvalue weighted by atomic mass is 32.2. The van der Waals surface area contributed by atoms with E-state index in [0.717, 1.165) is 44.5 Å². The van der Waals surface area contributed by atoms with Crippen LogP contribution in [0, 0.1) is 5.92 Å². The predicted molar refractivity (Wildman–Crippen MR) is 101 cm³/mol. The standard InChI is InChI=1S/C17H28N2O4S2/c1-14-7-11-19(12-8-14)10-4-9-18-16-6-5-15(24(2,20)21)13-17(16)25(3,22)23/h5-6,13-14,18H,4,7-12H2,1-3H3. The Bertz CT molecular complexity index is 796. The topological polar surface area (TPSA) is 83.6 Å². The second-order valence-electron chi connectivity index (χ2n) is 7.01. The van der Waals surface area contributed by atoms with Gasteiger partial charge in [0.1, 0.15) is 0 Å². The number of piperidine rings is 1. The summed E-state index contributed by atoms with van der Waals surface area (Å²) in [7, 11) is -6.96. The summed E-state index contributed by atoms with van der Waals surface area (Å²) < 4.78 is 47.3. The minimum absolute atomic E-state index is 0.0147. The van der Waals surface area contributed by atoms with Crippen molar-refractivity contribution in [3.8, 4) is 0 Å². The summed E-state index contributed by atoms with van der Waals surface area (Å²) in [5, 5.41) is 3.15. The van der Waals surface area contributed by atoms with Gasteiger partial charge in [-0.3, -0.25) is 0 Å². The first-order valence-corrected chi connectivity index (χ1v) is 12.4. The molecule has 1 N–H and O–H groups in total. The SMILES string of the molecule is CC1CCN(CCCNc2ccc(S(C)(=O)=O)cc2S(C)(=O)=O)CC1. The van der Waals surface area contributed by atoms with E-state index in [1.54, 1.807) is 0 Å². The van der Waals surface area contributed by atoms with Crippen LogP contribution in [0.25, 0.3) is 0 Å². The molecular weight excluding hydrogens is 360 g/mol. The third kappa shape index (κ3) is 5.97. The van der Waals surface area contributed by atoms with Gasteiger partial charge in [-0.1, -0.05) is 6.92 Å². The Morgan fingerprint density at radius 2 is 1.72 bits per heavy atom. The summed E-state index contributed by atoms with van der Waals surface area (Å²) in [5.41, 5.74) is 0.460. The van der Waals surface area contributed by atoms with E-state index < -0.39 is 19.7 Å². The molecule has 0 aliphatic carbocycles. The van der Waals surface area contributed by atoms with Gasteiger partial charge in [-0.25, -0.2) is 16.8 Å². The number of likely N-dealkylation sites (tertiary alicyclic amines) is 1. The van der Waals surface area contributed by atoms with Crippen molar-refractivity contribution in [3.63, 3.8) is 0 Å². The zero-order chi connectivity index (χ0) is 18.7. The molecule has 1 fully saturated rings. The van der Waals surface area contributed by atoms with Crippen molar-refractivity contribution in [1.29, 1.82) is 0 Å². The summed E-state index contributed by atoms with van der Waals surface area (Å²) in [6.45, 7) is 6.16. The van der Waals surface area contributed by atoms with Crippen molar-refractivity contribution in [2.24, 2.45) is 5.92 Å². The molecule has 0 saturated carbocycles. The quantitative estimate of drug-likeness (QED) is 0.720. The van der Waals surface area contributed by atoms with Gasteiger partial charge in [-0.05, 0) is 63.0 Å². The molecule has 0 radical (unpaired) electrons. The molecule has 25 heavy (non-hydrogen) atoms. The second-order valence-corrected chi connectivity index (χ2v) is 11.0. The molecule has 2 rings (SSSR count). The first-order chi connectivity index (χ1) is 11.6. The van der Waals surface area contributed by atoms with Gasteiger partial charge >= 0.3 is 0 Å². The zero-order valence-electron chi connectivity index (χ0n) is 15.2. The molecule has 1 aliphatic rings. The third-order valence-electron chi connectivity index (χ3n) is 4.62. The number of rotatable bonds is 7. The Balaban J connectivity index is 1.99. The fourth-order valence-electron chi connectivity index (χ4n) is 3.00. The summed E-state index contributed by atoms with van der Waals surface area (Å²) in [4.78, 5) is 2.48. The van der Waals surface area contributed by atoms with Crippen LogP contribution in [0.1, 0.15) is 26.2 Å². The molecule has 0 aromatic heterocycles. The summed E-state index contributed by atoms with van der Waals surface area (Å²) >= 11 is 0. The van der Waals surface area contributed by atoms with Crippen LogP contribution in [-0.2, 0) is 19.7 Å². The highest BCUT2D eigenvalue weighted by Crippen LogP contribution is 2.25. The van der Waals surface area contributed by atoms with Gasteiger partial charge in [0, 0.05) is 19.1 Å².